The predicted molar refractivity (Wildman–Crippen MR) is 106 cm³/mol. The van der Waals surface area contributed by atoms with Crippen molar-refractivity contribution in [2.45, 2.75) is 0 Å². The Morgan fingerprint density at radius 2 is 1.79 bits per heavy atom. The minimum atomic E-state index is -0.658. The molecule has 0 aliphatic rings. The predicted octanol–water partition coefficient (Wildman–Crippen LogP) is 3.20. The van der Waals surface area contributed by atoms with Gasteiger partial charge in [-0.1, -0.05) is 18.2 Å². The van der Waals surface area contributed by atoms with E-state index in [0.717, 1.165) is 0 Å². The first-order chi connectivity index (χ1) is 13.4. The number of nitrogens with zero attached hydrogens (tertiary/aromatic N) is 4. The van der Waals surface area contributed by atoms with E-state index in [1.165, 1.54) is 16.7 Å². The topological polar surface area (TPSA) is 71.2 Å². The number of hydrogen-bond acceptors (Lipinski definition) is 5. The molecule has 6 nitrogen and oxygen atoms in total. The number of aromatic nitrogens is 2. The molecule has 0 saturated heterocycles. The molecule has 2 aromatic carbocycles. The molecule has 7 heteroatoms. The van der Waals surface area contributed by atoms with E-state index >= 15 is 0 Å². The second-order valence-corrected chi connectivity index (χ2v) is 6.43. The standard InChI is InChI=1S/C21H19FN4O2/c1-25(2)21-24-19(14-5-6-15(12-23)17(22)11-14)18(20(27)26(21)3)13-7-9-16(28-4)10-8-13/h5-11H,1-4H3. The molecule has 0 N–H and O–H groups in total. The Morgan fingerprint density at radius 3 is 2.32 bits per heavy atom. The number of rotatable bonds is 4. The highest BCUT2D eigenvalue weighted by atomic mass is 19.1. The molecule has 0 radical (unpaired) electrons. The van der Waals surface area contributed by atoms with Crippen LogP contribution in [-0.2, 0) is 7.05 Å². The van der Waals surface area contributed by atoms with Gasteiger partial charge >= 0.3 is 0 Å². The number of anilines is 1. The summed E-state index contributed by atoms with van der Waals surface area (Å²) in [6.07, 6.45) is 0. The van der Waals surface area contributed by atoms with Crippen LogP contribution in [0.5, 0.6) is 5.75 Å². The van der Waals surface area contributed by atoms with Crippen LogP contribution in [0.15, 0.2) is 47.3 Å². The Kier molecular flexibility index (Phi) is 5.14. The Labute approximate surface area is 162 Å². The number of nitriles is 1. The lowest BCUT2D eigenvalue weighted by Crippen LogP contribution is -2.28. The summed E-state index contributed by atoms with van der Waals surface area (Å²) in [5, 5.41) is 8.98. The highest BCUT2D eigenvalue weighted by Crippen LogP contribution is 2.31. The SMILES string of the molecule is COc1ccc(-c2c(-c3ccc(C#N)c(F)c3)nc(N(C)C)n(C)c2=O)cc1. The van der Waals surface area contributed by atoms with Crippen molar-refractivity contribution < 1.29 is 9.13 Å². The highest BCUT2D eigenvalue weighted by Gasteiger charge is 2.20. The molecule has 0 amide bonds. The van der Waals surface area contributed by atoms with Gasteiger partial charge in [0.25, 0.3) is 5.56 Å². The van der Waals surface area contributed by atoms with Crippen LogP contribution in [0.3, 0.4) is 0 Å². The molecule has 0 fully saturated rings. The van der Waals surface area contributed by atoms with E-state index in [-0.39, 0.29) is 11.1 Å². The maximum absolute atomic E-state index is 14.2. The van der Waals surface area contributed by atoms with Crippen molar-refractivity contribution in [2.75, 3.05) is 26.1 Å². The van der Waals surface area contributed by atoms with E-state index in [9.17, 15) is 9.18 Å². The van der Waals surface area contributed by atoms with Crippen LogP contribution in [0, 0.1) is 17.1 Å². The molecule has 28 heavy (non-hydrogen) atoms. The van der Waals surface area contributed by atoms with Crippen molar-refractivity contribution in [3.8, 4) is 34.2 Å². The maximum Gasteiger partial charge on any atom is 0.263 e. The van der Waals surface area contributed by atoms with E-state index in [2.05, 4.69) is 4.98 Å². The largest absolute Gasteiger partial charge is 0.497 e. The highest BCUT2D eigenvalue weighted by molar-refractivity contribution is 5.81. The van der Waals surface area contributed by atoms with Crippen molar-refractivity contribution >= 4 is 5.95 Å². The molecule has 1 heterocycles. The molecule has 0 aliphatic carbocycles. The first-order valence-corrected chi connectivity index (χ1v) is 8.50. The van der Waals surface area contributed by atoms with E-state index in [4.69, 9.17) is 10.00 Å². The fraction of sp³-hybridized carbons (Fsp3) is 0.190. The van der Waals surface area contributed by atoms with Gasteiger partial charge < -0.3 is 9.64 Å². The second kappa shape index (κ2) is 7.53. The third-order valence-corrected chi connectivity index (χ3v) is 4.41. The Morgan fingerprint density at radius 1 is 1.14 bits per heavy atom. The summed E-state index contributed by atoms with van der Waals surface area (Å²) < 4.78 is 20.9. The van der Waals surface area contributed by atoms with Gasteiger partial charge in [0.1, 0.15) is 17.6 Å². The first-order valence-electron chi connectivity index (χ1n) is 8.50. The maximum atomic E-state index is 14.2. The van der Waals surface area contributed by atoms with Crippen molar-refractivity contribution in [3.63, 3.8) is 0 Å². The van der Waals surface area contributed by atoms with Gasteiger partial charge in [-0.2, -0.15) is 5.26 Å². The fourth-order valence-electron chi connectivity index (χ4n) is 2.97. The van der Waals surface area contributed by atoms with Crippen LogP contribution in [0.25, 0.3) is 22.4 Å². The Bertz CT molecular complexity index is 1130. The molecule has 3 rings (SSSR count). The molecule has 0 atom stereocenters. The lowest BCUT2D eigenvalue weighted by Gasteiger charge is -2.19. The number of halogens is 1. The first kappa shape index (κ1) is 19.1. The van der Waals surface area contributed by atoms with Crippen molar-refractivity contribution in [2.24, 2.45) is 7.05 Å². The van der Waals surface area contributed by atoms with Gasteiger partial charge in [-0.05, 0) is 29.8 Å². The third-order valence-electron chi connectivity index (χ3n) is 4.41. The van der Waals surface area contributed by atoms with Crippen LogP contribution in [0.4, 0.5) is 10.3 Å². The minimum absolute atomic E-state index is 0.0635. The molecule has 0 aliphatic heterocycles. The summed E-state index contributed by atoms with van der Waals surface area (Å²) in [5.74, 6) is 0.431. The molecular formula is C21H19FN4O2. The Balaban J connectivity index is 2.34. The molecule has 0 spiro atoms. The van der Waals surface area contributed by atoms with Crippen molar-refractivity contribution in [3.05, 3.63) is 64.2 Å². The molecule has 0 saturated carbocycles. The molecule has 0 unspecified atom stereocenters. The van der Waals surface area contributed by atoms with Gasteiger partial charge in [0.2, 0.25) is 5.95 Å². The molecule has 1 aromatic heterocycles. The van der Waals surface area contributed by atoms with Crippen LogP contribution in [0.1, 0.15) is 5.56 Å². The molecule has 0 bridgehead atoms. The average molecular weight is 378 g/mol. The van der Waals surface area contributed by atoms with Gasteiger partial charge in [0.05, 0.1) is 23.9 Å². The number of benzene rings is 2. The zero-order valence-electron chi connectivity index (χ0n) is 16.0. The number of methoxy groups -OCH3 is 1. The Hall–Kier alpha value is -3.66. The normalized spacial score (nSPS) is 10.4. The van der Waals surface area contributed by atoms with Crippen molar-refractivity contribution in [1.82, 2.24) is 9.55 Å². The summed E-state index contributed by atoms with van der Waals surface area (Å²) in [6.45, 7) is 0. The smallest absolute Gasteiger partial charge is 0.263 e. The minimum Gasteiger partial charge on any atom is -0.497 e. The van der Waals surface area contributed by atoms with E-state index in [1.54, 1.807) is 69.6 Å². The summed E-state index contributed by atoms with van der Waals surface area (Å²) >= 11 is 0. The average Bonchev–Trinajstić information content (AvgIpc) is 2.69. The quantitative estimate of drug-likeness (QED) is 0.697. The van der Waals surface area contributed by atoms with Gasteiger partial charge in [-0.15, -0.1) is 0 Å². The summed E-state index contributed by atoms with van der Waals surface area (Å²) in [6, 6.07) is 13.0. The number of hydrogen-bond donors (Lipinski definition) is 0. The molecule has 3 aromatic rings. The van der Waals surface area contributed by atoms with Crippen LogP contribution >= 0.6 is 0 Å². The molecule has 142 valence electrons. The van der Waals surface area contributed by atoms with Crippen LogP contribution < -0.4 is 15.2 Å². The fourth-order valence-corrected chi connectivity index (χ4v) is 2.97. The van der Waals surface area contributed by atoms with Gasteiger partial charge in [-0.3, -0.25) is 9.36 Å². The van der Waals surface area contributed by atoms with E-state index < -0.39 is 5.82 Å². The monoisotopic (exact) mass is 378 g/mol. The lowest BCUT2D eigenvalue weighted by atomic mass is 9.99. The van der Waals surface area contributed by atoms with Crippen LogP contribution in [0.2, 0.25) is 0 Å². The zero-order valence-corrected chi connectivity index (χ0v) is 16.0. The van der Waals surface area contributed by atoms with E-state index in [0.29, 0.717) is 34.1 Å². The third kappa shape index (κ3) is 3.32. The van der Waals surface area contributed by atoms with Crippen molar-refractivity contribution in [1.29, 1.82) is 5.26 Å². The van der Waals surface area contributed by atoms with Gasteiger partial charge in [-0.25, -0.2) is 9.37 Å². The molecular weight excluding hydrogens is 359 g/mol. The lowest BCUT2D eigenvalue weighted by molar-refractivity contribution is 0.415. The van der Waals surface area contributed by atoms with Gasteiger partial charge in [0, 0.05) is 26.7 Å². The summed E-state index contributed by atoms with van der Waals surface area (Å²) in [5.41, 5.74) is 1.43. The summed E-state index contributed by atoms with van der Waals surface area (Å²) in [4.78, 5) is 19.5. The number of ether oxygens (including phenoxy) is 1. The van der Waals surface area contributed by atoms with Gasteiger partial charge in [0.15, 0.2) is 0 Å². The zero-order chi connectivity index (χ0) is 20.4. The van der Waals surface area contributed by atoms with Crippen LogP contribution in [-0.4, -0.2) is 30.8 Å². The second-order valence-electron chi connectivity index (χ2n) is 6.43. The van der Waals surface area contributed by atoms with E-state index in [1.807, 2.05) is 0 Å². The summed E-state index contributed by atoms with van der Waals surface area (Å²) in [7, 11) is 6.75.